The summed E-state index contributed by atoms with van der Waals surface area (Å²) < 4.78 is 42.6. The van der Waals surface area contributed by atoms with Gasteiger partial charge in [-0.2, -0.15) is 12.6 Å². The van der Waals surface area contributed by atoms with E-state index < -0.39 is 21.7 Å². The largest absolute Gasteiger partial charge is 0.355 e. The SMILES string of the molecule is CCCC(=O)N(CCC(=O)NC[C@@H](S)Cc1ccccc1)Cc1ccc(-c2ccccc2S(=O)(=O)NC(C)=O)cc1F. The molecular formula is C31H36FN3O5S2. The molecule has 0 bridgehead atoms. The summed E-state index contributed by atoms with van der Waals surface area (Å²) in [6.07, 6.45) is 1.61. The average molecular weight is 614 g/mol. The lowest BCUT2D eigenvalue weighted by atomic mass is 10.0. The smallest absolute Gasteiger partial charge is 0.264 e. The number of rotatable bonds is 14. The van der Waals surface area contributed by atoms with Crippen LogP contribution < -0.4 is 10.0 Å². The second-order valence-corrected chi connectivity index (χ2v) is 12.3. The Morgan fingerprint density at radius 2 is 1.67 bits per heavy atom. The minimum atomic E-state index is -4.16. The van der Waals surface area contributed by atoms with Gasteiger partial charge in [0.25, 0.3) is 10.0 Å². The van der Waals surface area contributed by atoms with E-state index in [2.05, 4.69) is 17.9 Å². The highest BCUT2D eigenvalue weighted by atomic mass is 32.2. The third-order valence-electron chi connectivity index (χ3n) is 6.45. The van der Waals surface area contributed by atoms with E-state index in [0.717, 1.165) is 12.5 Å². The Morgan fingerprint density at radius 3 is 2.33 bits per heavy atom. The van der Waals surface area contributed by atoms with Crippen molar-refractivity contribution in [3.8, 4) is 11.1 Å². The summed E-state index contributed by atoms with van der Waals surface area (Å²) >= 11 is 4.56. The minimum Gasteiger partial charge on any atom is -0.355 e. The number of hydrogen-bond donors (Lipinski definition) is 3. The number of nitrogens with zero attached hydrogens (tertiary/aromatic N) is 1. The number of nitrogens with one attached hydrogen (secondary N) is 2. The van der Waals surface area contributed by atoms with Gasteiger partial charge in [0, 0.05) is 55.8 Å². The number of benzene rings is 3. The number of hydrogen-bond acceptors (Lipinski definition) is 6. The van der Waals surface area contributed by atoms with E-state index >= 15 is 4.39 Å². The molecule has 42 heavy (non-hydrogen) atoms. The Hall–Kier alpha value is -3.70. The molecule has 0 aliphatic rings. The third-order valence-corrected chi connectivity index (χ3v) is 8.31. The molecule has 0 heterocycles. The number of carbonyl (C=O) groups is 3. The summed E-state index contributed by atoms with van der Waals surface area (Å²) in [4.78, 5) is 38.1. The van der Waals surface area contributed by atoms with Crippen molar-refractivity contribution in [3.05, 3.63) is 89.7 Å². The van der Waals surface area contributed by atoms with Crippen LogP contribution in [-0.4, -0.2) is 49.4 Å². The van der Waals surface area contributed by atoms with E-state index in [1.54, 1.807) is 12.1 Å². The average Bonchev–Trinajstić information content (AvgIpc) is 2.95. The van der Waals surface area contributed by atoms with Crippen LogP contribution in [0.5, 0.6) is 0 Å². The molecule has 3 aromatic carbocycles. The minimum absolute atomic E-state index is 0.0483. The summed E-state index contributed by atoms with van der Waals surface area (Å²) in [5.74, 6) is -1.80. The Labute approximate surface area is 252 Å². The molecule has 3 rings (SSSR count). The van der Waals surface area contributed by atoms with Crippen LogP contribution in [0.2, 0.25) is 0 Å². The maximum absolute atomic E-state index is 15.3. The van der Waals surface area contributed by atoms with E-state index in [4.69, 9.17) is 0 Å². The first-order valence-electron chi connectivity index (χ1n) is 13.7. The Morgan fingerprint density at radius 1 is 0.976 bits per heavy atom. The van der Waals surface area contributed by atoms with Gasteiger partial charge in [-0.25, -0.2) is 17.5 Å². The number of thiol groups is 1. The molecule has 0 fully saturated rings. The lowest BCUT2D eigenvalue weighted by molar-refractivity contribution is -0.132. The van der Waals surface area contributed by atoms with Crippen LogP contribution in [0.1, 0.15) is 44.2 Å². The van der Waals surface area contributed by atoms with Gasteiger partial charge >= 0.3 is 0 Å². The molecule has 3 aromatic rings. The van der Waals surface area contributed by atoms with Crippen molar-refractivity contribution in [2.75, 3.05) is 13.1 Å². The van der Waals surface area contributed by atoms with Crippen LogP contribution in [0.25, 0.3) is 11.1 Å². The lowest BCUT2D eigenvalue weighted by Gasteiger charge is -2.23. The molecule has 0 saturated heterocycles. The van der Waals surface area contributed by atoms with Crippen molar-refractivity contribution in [1.29, 1.82) is 0 Å². The second-order valence-electron chi connectivity index (χ2n) is 9.93. The number of sulfonamides is 1. The molecule has 0 radical (unpaired) electrons. The molecule has 0 spiro atoms. The van der Waals surface area contributed by atoms with E-state index in [-0.39, 0.29) is 59.0 Å². The monoisotopic (exact) mass is 613 g/mol. The molecule has 11 heteroatoms. The van der Waals surface area contributed by atoms with Crippen LogP contribution in [-0.2, 0) is 37.4 Å². The Bertz CT molecular complexity index is 1500. The van der Waals surface area contributed by atoms with Crippen molar-refractivity contribution >= 4 is 40.4 Å². The van der Waals surface area contributed by atoms with E-state index in [9.17, 15) is 22.8 Å². The fourth-order valence-electron chi connectivity index (χ4n) is 4.41. The van der Waals surface area contributed by atoms with Gasteiger partial charge in [-0.1, -0.05) is 67.6 Å². The van der Waals surface area contributed by atoms with Crippen LogP contribution in [0.4, 0.5) is 4.39 Å². The van der Waals surface area contributed by atoms with Gasteiger partial charge in [-0.05, 0) is 36.1 Å². The van der Waals surface area contributed by atoms with E-state index in [1.165, 1.54) is 35.2 Å². The normalized spacial score (nSPS) is 11.9. The third kappa shape index (κ3) is 9.70. The first kappa shape index (κ1) is 32.8. The molecule has 0 aromatic heterocycles. The molecule has 0 aliphatic carbocycles. The highest BCUT2D eigenvalue weighted by Gasteiger charge is 2.22. The van der Waals surface area contributed by atoms with Gasteiger partial charge in [0.05, 0.1) is 4.90 Å². The van der Waals surface area contributed by atoms with Gasteiger partial charge in [0.2, 0.25) is 17.7 Å². The highest BCUT2D eigenvalue weighted by molar-refractivity contribution is 7.90. The van der Waals surface area contributed by atoms with Gasteiger partial charge in [0.1, 0.15) is 5.82 Å². The number of carbonyl (C=O) groups excluding carboxylic acids is 3. The predicted octanol–water partition coefficient (Wildman–Crippen LogP) is 4.49. The quantitative estimate of drug-likeness (QED) is 0.232. The lowest BCUT2D eigenvalue weighted by Crippen LogP contribution is -2.36. The zero-order chi connectivity index (χ0) is 30.7. The van der Waals surface area contributed by atoms with Crippen molar-refractivity contribution < 1.29 is 27.2 Å². The summed E-state index contributed by atoms with van der Waals surface area (Å²) in [6.45, 7) is 3.39. The van der Waals surface area contributed by atoms with Gasteiger partial charge < -0.3 is 10.2 Å². The first-order valence-corrected chi connectivity index (χ1v) is 15.7. The van der Waals surface area contributed by atoms with Crippen molar-refractivity contribution in [3.63, 3.8) is 0 Å². The molecule has 0 unspecified atom stereocenters. The first-order chi connectivity index (χ1) is 20.0. The maximum atomic E-state index is 15.3. The van der Waals surface area contributed by atoms with Crippen LogP contribution >= 0.6 is 12.6 Å². The molecule has 1 atom stereocenters. The molecule has 8 nitrogen and oxygen atoms in total. The highest BCUT2D eigenvalue weighted by Crippen LogP contribution is 2.29. The fraction of sp³-hybridized carbons (Fsp3) is 0.323. The summed E-state index contributed by atoms with van der Waals surface area (Å²) in [5, 5.41) is 2.79. The van der Waals surface area contributed by atoms with Gasteiger partial charge in [-0.3, -0.25) is 14.4 Å². The van der Waals surface area contributed by atoms with Gasteiger partial charge in [0.15, 0.2) is 0 Å². The van der Waals surface area contributed by atoms with Crippen LogP contribution in [0, 0.1) is 5.82 Å². The summed E-state index contributed by atoms with van der Waals surface area (Å²) in [5.41, 5.74) is 1.86. The standard InChI is InChI=1S/C31H36FN3O5S2/c1-3-9-31(38)35(17-16-30(37)33-20-26(41)18-23-10-5-4-6-11-23)21-25-15-14-24(19-28(25)32)27-12-7-8-13-29(27)42(39,40)34-22(2)36/h4-8,10-15,19,26,41H,3,9,16-18,20-21H2,1-2H3,(H,33,37)(H,34,36)/t26-/m0/s1. The predicted molar refractivity (Wildman–Crippen MR) is 164 cm³/mol. The Balaban J connectivity index is 1.68. The van der Waals surface area contributed by atoms with Crippen LogP contribution in [0.3, 0.4) is 0 Å². The summed E-state index contributed by atoms with van der Waals surface area (Å²) in [6, 6.07) is 20.1. The molecule has 0 aliphatic heterocycles. The number of amides is 3. The number of halogens is 1. The maximum Gasteiger partial charge on any atom is 0.264 e. The van der Waals surface area contributed by atoms with Crippen molar-refractivity contribution in [1.82, 2.24) is 14.9 Å². The van der Waals surface area contributed by atoms with E-state index in [0.29, 0.717) is 24.9 Å². The van der Waals surface area contributed by atoms with Crippen molar-refractivity contribution in [2.24, 2.45) is 0 Å². The Kier molecular flexibility index (Phi) is 12.1. The van der Waals surface area contributed by atoms with Crippen molar-refractivity contribution in [2.45, 2.75) is 56.2 Å². The zero-order valence-corrected chi connectivity index (χ0v) is 25.4. The fourth-order valence-corrected chi connectivity index (χ4v) is 5.93. The van der Waals surface area contributed by atoms with Gasteiger partial charge in [-0.15, -0.1) is 0 Å². The second kappa shape index (κ2) is 15.5. The molecular weight excluding hydrogens is 577 g/mol. The summed E-state index contributed by atoms with van der Waals surface area (Å²) in [7, 11) is -4.16. The molecule has 0 saturated carbocycles. The molecule has 3 amide bonds. The zero-order valence-electron chi connectivity index (χ0n) is 23.7. The molecule has 224 valence electrons. The van der Waals surface area contributed by atoms with Crippen LogP contribution in [0.15, 0.2) is 77.7 Å². The van der Waals surface area contributed by atoms with E-state index in [1.807, 2.05) is 42.0 Å². The molecule has 2 N–H and O–H groups in total. The topological polar surface area (TPSA) is 113 Å².